The Morgan fingerprint density at radius 2 is 2.05 bits per heavy atom. The molecule has 3 rings (SSSR count). The van der Waals surface area contributed by atoms with E-state index < -0.39 is 0 Å². The Bertz CT molecular complexity index is 637. The van der Waals surface area contributed by atoms with Crippen LogP contribution in [-0.4, -0.2) is 50.3 Å². The summed E-state index contributed by atoms with van der Waals surface area (Å²) in [6.07, 6.45) is 2.99. The molecule has 1 saturated heterocycles. The number of hydrogen-bond acceptors (Lipinski definition) is 5. The van der Waals surface area contributed by atoms with E-state index in [9.17, 15) is 0 Å². The van der Waals surface area contributed by atoms with E-state index in [4.69, 9.17) is 4.98 Å². The summed E-state index contributed by atoms with van der Waals surface area (Å²) < 4.78 is 1.82. The quantitative estimate of drug-likeness (QED) is 0.936. The summed E-state index contributed by atoms with van der Waals surface area (Å²) in [6, 6.07) is 1.04. The van der Waals surface area contributed by atoms with E-state index in [2.05, 4.69) is 48.1 Å². The van der Waals surface area contributed by atoms with Crippen molar-refractivity contribution >= 4 is 16.9 Å². The first kappa shape index (κ1) is 14.3. The predicted molar refractivity (Wildman–Crippen MR) is 84.5 cm³/mol. The largest absolute Gasteiger partial charge is 0.365 e. The van der Waals surface area contributed by atoms with Crippen LogP contribution in [-0.2, 0) is 7.05 Å². The van der Waals surface area contributed by atoms with Gasteiger partial charge in [0.1, 0.15) is 11.6 Å². The Kier molecular flexibility index (Phi) is 3.57. The van der Waals surface area contributed by atoms with Crippen LogP contribution < -0.4 is 5.32 Å². The molecular weight excluding hydrogens is 264 g/mol. The van der Waals surface area contributed by atoms with Gasteiger partial charge >= 0.3 is 0 Å². The molecule has 21 heavy (non-hydrogen) atoms. The van der Waals surface area contributed by atoms with Crippen molar-refractivity contribution in [1.29, 1.82) is 0 Å². The second-order valence-electron chi connectivity index (χ2n) is 6.46. The van der Waals surface area contributed by atoms with Crippen molar-refractivity contribution in [2.45, 2.75) is 45.2 Å². The Hall–Kier alpha value is -1.69. The molecule has 6 nitrogen and oxygen atoms in total. The van der Waals surface area contributed by atoms with Crippen molar-refractivity contribution in [3.05, 3.63) is 12.0 Å². The number of rotatable bonds is 3. The van der Waals surface area contributed by atoms with Crippen LogP contribution in [0.3, 0.4) is 0 Å². The normalized spacial score (nSPS) is 23.3. The minimum absolute atomic E-state index is 0.301. The van der Waals surface area contributed by atoms with Crippen molar-refractivity contribution < 1.29 is 0 Å². The fraction of sp³-hybridized carbons (Fsp3) is 0.667. The number of aromatic nitrogens is 4. The van der Waals surface area contributed by atoms with E-state index >= 15 is 0 Å². The first-order valence-corrected chi connectivity index (χ1v) is 7.62. The molecule has 1 unspecified atom stereocenters. The lowest BCUT2D eigenvalue weighted by Gasteiger charge is -2.15. The monoisotopic (exact) mass is 288 g/mol. The smallest absolute Gasteiger partial charge is 0.163 e. The number of anilines is 1. The zero-order valence-corrected chi connectivity index (χ0v) is 13.5. The van der Waals surface area contributed by atoms with Gasteiger partial charge in [0, 0.05) is 31.6 Å². The lowest BCUT2D eigenvalue weighted by atomic mass is 10.2. The van der Waals surface area contributed by atoms with Gasteiger partial charge in [0.25, 0.3) is 0 Å². The zero-order valence-electron chi connectivity index (χ0n) is 13.5. The molecular formula is C15H24N6. The van der Waals surface area contributed by atoms with E-state index in [1.54, 1.807) is 0 Å². The van der Waals surface area contributed by atoms with Crippen molar-refractivity contribution in [3.8, 4) is 0 Å². The number of hydrogen-bond donors (Lipinski definition) is 1. The van der Waals surface area contributed by atoms with E-state index in [0.717, 1.165) is 35.6 Å². The Labute approximate surface area is 125 Å². The van der Waals surface area contributed by atoms with Crippen LogP contribution in [0, 0.1) is 0 Å². The Morgan fingerprint density at radius 3 is 2.67 bits per heavy atom. The van der Waals surface area contributed by atoms with E-state index in [-0.39, 0.29) is 0 Å². The summed E-state index contributed by atoms with van der Waals surface area (Å²) in [5.74, 6) is 2.09. The average molecular weight is 288 g/mol. The fourth-order valence-electron chi connectivity index (χ4n) is 2.90. The van der Waals surface area contributed by atoms with Gasteiger partial charge in [-0.3, -0.25) is 4.68 Å². The van der Waals surface area contributed by atoms with Gasteiger partial charge in [-0.05, 0) is 20.4 Å². The van der Waals surface area contributed by atoms with Gasteiger partial charge in [0.2, 0.25) is 0 Å². The van der Waals surface area contributed by atoms with Crippen LogP contribution in [0.1, 0.15) is 38.9 Å². The molecule has 0 radical (unpaired) electrons. The highest BCUT2D eigenvalue weighted by molar-refractivity contribution is 5.86. The third-order valence-corrected chi connectivity index (χ3v) is 4.35. The van der Waals surface area contributed by atoms with Crippen LogP contribution in [0.15, 0.2) is 6.20 Å². The first-order valence-electron chi connectivity index (χ1n) is 7.62. The number of aryl methyl sites for hydroxylation is 1. The molecule has 0 aliphatic carbocycles. The number of fused-ring (bicyclic) bond motifs is 1. The molecule has 1 aliphatic heterocycles. The maximum atomic E-state index is 4.73. The van der Waals surface area contributed by atoms with Crippen LogP contribution in [0.2, 0.25) is 0 Å². The molecule has 6 heteroatoms. The fourth-order valence-corrected chi connectivity index (χ4v) is 2.90. The second kappa shape index (κ2) is 5.26. The van der Waals surface area contributed by atoms with Crippen LogP contribution in [0.5, 0.6) is 0 Å². The molecule has 2 aromatic rings. The van der Waals surface area contributed by atoms with Gasteiger partial charge < -0.3 is 10.2 Å². The molecule has 1 aliphatic rings. The highest BCUT2D eigenvalue weighted by atomic mass is 15.3. The van der Waals surface area contributed by atoms with Crippen LogP contribution >= 0.6 is 0 Å². The standard InChI is InChI=1S/C15H24N6/c1-9(2)13-18-14(12-7-16-21(5)15(12)19-13)17-11-6-10(3)20(4)8-11/h7,9-11H,6,8H2,1-5H3,(H,17,18,19)/t10?,11-/m0/s1. The molecule has 2 atom stereocenters. The molecule has 0 bridgehead atoms. The molecule has 2 aromatic heterocycles. The van der Waals surface area contributed by atoms with E-state index in [0.29, 0.717) is 18.0 Å². The van der Waals surface area contributed by atoms with Crippen LogP contribution in [0.4, 0.5) is 5.82 Å². The summed E-state index contributed by atoms with van der Waals surface area (Å²) in [6.45, 7) is 7.55. The van der Waals surface area contributed by atoms with E-state index in [1.807, 2.05) is 17.9 Å². The molecule has 0 saturated carbocycles. The maximum absolute atomic E-state index is 4.73. The number of nitrogens with one attached hydrogen (secondary N) is 1. The lowest BCUT2D eigenvalue weighted by Crippen LogP contribution is -2.25. The van der Waals surface area contributed by atoms with Gasteiger partial charge in [-0.2, -0.15) is 5.10 Å². The minimum atomic E-state index is 0.301. The maximum Gasteiger partial charge on any atom is 0.163 e. The molecule has 0 spiro atoms. The van der Waals surface area contributed by atoms with Gasteiger partial charge in [0.15, 0.2) is 5.65 Å². The highest BCUT2D eigenvalue weighted by Gasteiger charge is 2.27. The summed E-state index contributed by atoms with van der Waals surface area (Å²) in [5.41, 5.74) is 0.899. The third kappa shape index (κ3) is 2.60. The van der Waals surface area contributed by atoms with E-state index in [1.165, 1.54) is 0 Å². The zero-order chi connectivity index (χ0) is 15.1. The lowest BCUT2D eigenvalue weighted by molar-refractivity contribution is 0.330. The molecule has 114 valence electrons. The topological polar surface area (TPSA) is 58.9 Å². The molecule has 1 N–H and O–H groups in total. The number of likely N-dealkylation sites (tertiary alicyclic amines) is 1. The Balaban J connectivity index is 1.97. The Morgan fingerprint density at radius 1 is 1.29 bits per heavy atom. The molecule has 1 fully saturated rings. The summed E-state index contributed by atoms with van der Waals surface area (Å²) in [5, 5.41) is 8.94. The number of nitrogens with zero attached hydrogens (tertiary/aromatic N) is 5. The third-order valence-electron chi connectivity index (χ3n) is 4.35. The first-order chi connectivity index (χ1) is 9.95. The van der Waals surface area contributed by atoms with Gasteiger partial charge in [-0.1, -0.05) is 13.8 Å². The second-order valence-corrected chi connectivity index (χ2v) is 6.46. The average Bonchev–Trinajstić information content (AvgIpc) is 2.94. The van der Waals surface area contributed by atoms with Crippen molar-refractivity contribution in [2.24, 2.45) is 7.05 Å². The number of likely N-dealkylation sites (N-methyl/N-ethyl adjacent to an activating group) is 1. The molecule has 0 aromatic carbocycles. The van der Waals surface area contributed by atoms with Crippen molar-refractivity contribution in [3.63, 3.8) is 0 Å². The van der Waals surface area contributed by atoms with Gasteiger partial charge in [-0.25, -0.2) is 9.97 Å². The summed E-state index contributed by atoms with van der Waals surface area (Å²) in [7, 11) is 4.10. The highest BCUT2D eigenvalue weighted by Crippen LogP contribution is 2.25. The summed E-state index contributed by atoms with van der Waals surface area (Å²) in [4.78, 5) is 11.7. The predicted octanol–water partition coefficient (Wildman–Crippen LogP) is 1.99. The molecule has 0 amide bonds. The van der Waals surface area contributed by atoms with Gasteiger partial charge in [-0.15, -0.1) is 0 Å². The van der Waals surface area contributed by atoms with Crippen molar-refractivity contribution in [1.82, 2.24) is 24.6 Å². The van der Waals surface area contributed by atoms with Crippen molar-refractivity contribution in [2.75, 3.05) is 18.9 Å². The summed E-state index contributed by atoms with van der Waals surface area (Å²) >= 11 is 0. The van der Waals surface area contributed by atoms with Crippen LogP contribution in [0.25, 0.3) is 11.0 Å². The molecule has 3 heterocycles. The minimum Gasteiger partial charge on any atom is -0.365 e. The van der Waals surface area contributed by atoms with Gasteiger partial charge in [0.05, 0.1) is 11.6 Å². The SMILES string of the molecule is CC(C)c1nc(N[C@H]2CC(C)N(C)C2)c2cnn(C)c2n1.